The van der Waals surface area contributed by atoms with Crippen molar-refractivity contribution in [3.05, 3.63) is 64.7 Å². The van der Waals surface area contributed by atoms with E-state index in [1.165, 1.54) is 13.2 Å². The standard InChI is InChI=1S/C17H15ClO3/c1-20-14-7-8-15(17(11-14)21-2)16(19)9-6-12-4-3-5-13(18)10-12/h3-11H,1-2H3. The minimum atomic E-state index is -0.144. The Morgan fingerprint density at radius 1 is 1.10 bits per heavy atom. The highest BCUT2D eigenvalue weighted by atomic mass is 35.5. The van der Waals surface area contributed by atoms with E-state index in [2.05, 4.69) is 0 Å². The first-order valence-electron chi connectivity index (χ1n) is 6.34. The van der Waals surface area contributed by atoms with Crippen molar-refractivity contribution in [3.8, 4) is 11.5 Å². The second-order valence-corrected chi connectivity index (χ2v) is 4.76. The highest BCUT2D eigenvalue weighted by molar-refractivity contribution is 6.30. The van der Waals surface area contributed by atoms with Crippen molar-refractivity contribution in [1.82, 2.24) is 0 Å². The maximum atomic E-state index is 12.2. The zero-order valence-electron chi connectivity index (χ0n) is 11.8. The third-order valence-electron chi connectivity index (χ3n) is 2.95. The van der Waals surface area contributed by atoms with Crippen LogP contribution in [0.4, 0.5) is 0 Å². The summed E-state index contributed by atoms with van der Waals surface area (Å²) < 4.78 is 10.3. The Bertz CT molecular complexity index is 677. The van der Waals surface area contributed by atoms with Gasteiger partial charge in [0, 0.05) is 11.1 Å². The summed E-state index contributed by atoms with van der Waals surface area (Å²) in [5, 5.41) is 0.631. The van der Waals surface area contributed by atoms with Crippen LogP contribution in [0.5, 0.6) is 11.5 Å². The summed E-state index contributed by atoms with van der Waals surface area (Å²) in [5.74, 6) is 0.979. The van der Waals surface area contributed by atoms with Crippen molar-refractivity contribution in [2.45, 2.75) is 0 Å². The Kier molecular flexibility index (Phi) is 5.01. The molecule has 0 saturated carbocycles. The predicted octanol–water partition coefficient (Wildman–Crippen LogP) is 4.25. The number of ether oxygens (including phenoxy) is 2. The Balaban J connectivity index is 2.24. The van der Waals surface area contributed by atoms with Gasteiger partial charge in [-0.1, -0.05) is 29.8 Å². The lowest BCUT2D eigenvalue weighted by Gasteiger charge is -2.07. The van der Waals surface area contributed by atoms with Crippen molar-refractivity contribution >= 4 is 23.5 Å². The summed E-state index contributed by atoms with van der Waals surface area (Å²) in [4.78, 5) is 12.2. The first-order chi connectivity index (χ1) is 10.1. The predicted molar refractivity (Wildman–Crippen MR) is 84.4 cm³/mol. The number of ketones is 1. The zero-order chi connectivity index (χ0) is 15.2. The number of allylic oxidation sites excluding steroid dienone is 1. The van der Waals surface area contributed by atoms with E-state index >= 15 is 0 Å². The average molecular weight is 303 g/mol. The van der Waals surface area contributed by atoms with E-state index in [1.54, 1.807) is 43.5 Å². The zero-order valence-corrected chi connectivity index (χ0v) is 12.6. The molecular weight excluding hydrogens is 288 g/mol. The third-order valence-corrected chi connectivity index (χ3v) is 3.19. The Labute approximate surface area is 128 Å². The van der Waals surface area contributed by atoms with Crippen molar-refractivity contribution in [2.24, 2.45) is 0 Å². The Morgan fingerprint density at radius 3 is 2.57 bits per heavy atom. The van der Waals surface area contributed by atoms with Crippen molar-refractivity contribution in [2.75, 3.05) is 14.2 Å². The second-order valence-electron chi connectivity index (χ2n) is 4.32. The van der Waals surface area contributed by atoms with Crippen molar-refractivity contribution < 1.29 is 14.3 Å². The van der Waals surface area contributed by atoms with E-state index in [1.807, 2.05) is 12.1 Å². The molecule has 0 heterocycles. The molecule has 0 saturated heterocycles. The topological polar surface area (TPSA) is 35.5 Å². The first-order valence-corrected chi connectivity index (χ1v) is 6.72. The normalized spacial score (nSPS) is 10.6. The van der Waals surface area contributed by atoms with E-state index in [0.717, 1.165) is 5.56 Å². The third kappa shape index (κ3) is 3.86. The summed E-state index contributed by atoms with van der Waals surface area (Å²) in [6, 6.07) is 12.4. The molecule has 0 N–H and O–H groups in total. The summed E-state index contributed by atoms with van der Waals surface area (Å²) in [5.41, 5.74) is 1.35. The summed E-state index contributed by atoms with van der Waals surface area (Å²) >= 11 is 5.91. The molecule has 108 valence electrons. The monoisotopic (exact) mass is 302 g/mol. The van der Waals surface area contributed by atoms with E-state index in [9.17, 15) is 4.79 Å². The molecule has 2 aromatic rings. The number of carbonyl (C=O) groups is 1. The van der Waals surface area contributed by atoms with Crippen LogP contribution in [-0.2, 0) is 0 Å². The maximum Gasteiger partial charge on any atom is 0.189 e. The average Bonchev–Trinajstić information content (AvgIpc) is 2.52. The first kappa shape index (κ1) is 15.1. The summed E-state index contributed by atoms with van der Waals surface area (Å²) in [6.45, 7) is 0. The van der Waals surface area contributed by atoms with Gasteiger partial charge in [-0.3, -0.25) is 4.79 Å². The van der Waals surface area contributed by atoms with Gasteiger partial charge in [-0.25, -0.2) is 0 Å². The molecular formula is C17H15ClO3. The minimum Gasteiger partial charge on any atom is -0.497 e. The van der Waals surface area contributed by atoms with Crippen LogP contribution in [0.15, 0.2) is 48.5 Å². The van der Waals surface area contributed by atoms with Gasteiger partial charge < -0.3 is 9.47 Å². The lowest BCUT2D eigenvalue weighted by molar-refractivity contribution is 0.104. The number of halogens is 1. The van der Waals surface area contributed by atoms with E-state index < -0.39 is 0 Å². The number of carbonyl (C=O) groups excluding carboxylic acids is 1. The molecule has 2 rings (SSSR count). The highest BCUT2D eigenvalue weighted by Gasteiger charge is 2.10. The molecule has 0 spiro atoms. The summed E-state index contributed by atoms with van der Waals surface area (Å²) in [7, 11) is 3.08. The Morgan fingerprint density at radius 2 is 1.90 bits per heavy atom. The molecule has 4 heteroatoms. The molecule has 0 unspecified atom stereocenters. The second kappa shape index (κ2) is 6.95. The fourth-order valence-electron chi connectivity index (χ4n) is 1.87. The van der Waals surface area contributed by atoms with Gasteiger partial charge in [0.15, 0.2) is 5.78 Å². The molecule has 0 amide bonds. The van der Waals surface area contributed by atoms with Gasteiger partial charge in [-0.05, 0) is 35.9 Å². The van der Waals surface area contributed by atoms with Gasteiger partial charge in [0.2, 0.25) is 0 Å². The van der Waals surface area contributed by atoms with Crippen LogP contribution in [0.1, 0.15) is 15.9 Å². The number of methoxy groups -OCH3 is 2. The number of benzene rings is 2. The smallest absolute Gasteiger partial charge is 0.189 e. The van der Waals surface area contributed by atoms with Crippen LogP contribution in [0.3, 0.4) is 0 Å². The van der Waals surface area contributed by atoms with Gasteiger partial charge >= 0.3 is 0 Å². The van der Waals surface area contributed by atoms with Gasteiger partial charge in [0.25, 0.3) is 0 Å². The van der Waals surface area contributed by atoms with Crippen LogP contribution in [0.2, 0.25) is 5.02 Å². The lowest BCUT2D eigenvalue weighted by Crippen LogP contribution is -1.99. The Hall–Kier alpha value is -2.26. The molecule has 0 fully saturated rings. The van der Waals surface area contributed by atoms with Crippen LogP contribution >= 0.6 is 11.6 Å². The number of rotatable bonds is 5. The van der Waals surface area contributed by atoms with E-state index in [4.69, 9.17) is 21.1 Å². The van der Waals surface area contributed by atoms with Crippen LogP contribution in [-0.4, -0.2) is 20.0 Å². The van der Waals surface area contributed by atoms with Crippen molar-refractivity contribution in [3.63, 3.8) is 0 Å². The fraction of sp³-hybridized carbons (Fsp3) is 0.118. The molecule has 0 bridgehead atoms. The van der Waals surface area contributed by atoms with E-state index in [-0.39, 0.29) is 5.78 Å². The number of hydrogen-bond donors (Lipinski definition) is 0. The van der Waals surface area contributed by atoms with Crippen molar-refractivity contribution in [1.29, 1.82) is 0 Å². The molecule has 0 radical (unpaired) electrons. The van der Waals surface area contributed by atoms with Gasteiger partial charge in [0.1, 0.15) is 11.5 Å². The molecule has 2 aromatic carbocycles. The molecule has 0 aromatic heterocycles. The van der Waals surface area contributed by atoms with Crippen LogP contribution in [0.25, 0.3) is 6.08 Å². The largest absolute Gasteiger partial charge is 0.497 e. The minimum absolute atomic E-state index is 0.144. The fourth-order valence-corrected chi connectivity index (χ4v) is 2.07. The quantitative estimate of drug-likeness (QED) is 0.612. The maximum absolute atomic E-state index is 12.2. The van der Waals surface area contributed by atoms with Gasteiger partial charge in [0.05, 0.1) is 19.8 Å². The molecule has 0 aliphatic heterocycles. The molecule has 21 heavy (non-hydrogen) atoms. The molecule has 0 atom stereocenters. The van der Waals surface area contributed by atoms with Crippen LogP contribution in [0, 0.1) is 0 Å². The SMILES string of the molecule is COc1ccc(C(=O)C=Cc2cccc(Cl)c2)c(OC)c1. The van der Waals surface area contributed by atoms with E-state index in [0.29, 0.717) is 22.1 Å². The van der Waals surface area contributed by atoms with Gasteiger partial charge in [-0.15, -0.1) is 0 Å². The molecule has 0 aliphatic carbocycles. The molecule has 0 aliphatic rings. The van der Waals surface area contributed by atoms with Crippen LogP contribution < -0.4 is 9.47 Å². The van der Waals surface area contributed by atoms with Gasteiger partial charge in [-0.2, -0.15) is 0 Å². The molecule has 3 nitrogen and oxygen atoms in total. The number of hydrogen-bond acceptors (Lipinski definition) is 3. The summed E-state index contributed by atoms with van der Waals surface area (Å²) in [6.07, 6.45) is 3.22. The highest BCUT2D eigenvalue weighted by Crippen LogP contribution is 2.25. The lowest BCUT2D eigenvalue weighted by atomic mass is 10.1.